The zero-order valence-corrected chi connectivity index (χ0v) is 13.9. The van der Waals surface area contributed by atoms with E-state index in [0.717, 1.165) is 12.4 Å². The van der Waals surface area contributed by atoms with Crippen molar-refractivity contribution in [3.63, 3.8) is 0 Å². The van der Waals surface area contributed by atoms with E-state index >= 15 is 0 Å². The van der Waals surface area contributed by atoms with Gasteiger partial charge in [0.2, 0.25) is 5.88 Å². The molecule has 0 amide bonds. The molecular weight excluding hydrogens is 284 g/mol. The topological polar surface area (TPSA) is 25.4 Å². The average Bonchev–Trinajstić information content (AvgIpc) is 2.62. The highest BCUT2D eigenvalue weighted by Crippen LogP contribution is 2.35. The van der Waals surface area contributed by atoms with Crippen molar-refractivity contribution in [2.75, 3.05) is 13.1 Å². The summed E-state index contributed by atoms with van der Waals surface area (Å²) < 4.78 is 6.07. The first-order chi connectivity index (χ1) is 11.4. The number of nitrogens with zero attached hydrogens (tertiary/aromatic N) is 2. The Labute approximate surface area is 139 Å². The van der Waals surface area contributed by atoms with E-state index in [0.29, 0.717) is 12.6 Å². The second kappa shape index (κ2) is 8.11. The molecule has 0 unspecified atom stereocenters. The molecule has 2 heterocycles. The van der Waals surface area contributed by atoms with Gasteiger partial charge >= 0.3 is 0 Å². The van der Waals surface area contributed by atoms with Gasteiger partial charge in [-0.05, 0) is 44.0 Å². The van der Waals surface area contributed by atoms with Crippen molar-refractivity contribution in [3.8, 4) is 5.88 Å². The molecule has 1 atom stereocenters. The van der Waals surface area contributed by atoms with Gasteiger partial charge in [-0.15, -0.1) is 0 Å². The number of pyridine rings is 1. The lowest BCUT2D eigenvalue weighted by Gasteiger charge is -2.36. The van der Waals surface area contributed by atoms with Crippen molar-refractivity contribution in [3.05, 3.63) is 59.8 Å². The van der Waals surface area contributed by atoms with Crippen LogP contribution in [0.15, 0.2) is 48.7 Å². The Morgan fingerprint density at radius 2 is 2.00 bits per heavy atom. The van der Waals surface area contributed by atoms with E-state index in [2.05, 4.69) is 35.0 Å². The van der Waals surface area contributed by atoms with E-state index in [4.69, 9.17) is 4.74 Å². The van der Waals surface area contributed by atoms with E-state index < -0.39 is 0 Å². The van der Waals surface area contributed by atoms with Crippen molar-refractivity contribution in [2.24, 2.45) is 0 Å². The number of benzene rings is 1. The summed E-state index contributed by atoms with van der Waals surface area (Å²) in [7, 11) is 0. The van der Waals surface area contributed by atoms with Crippen LogP contribution in [0.2, 0.25) is 0 Å². The van der Waals surface area contributed by atoms with Crippen LogP contribution in [0, 0.1) is 0 Å². The van der Waals surface area contributed by atoms with Crippen molar-refractivity contribution >= 4 is 0 Å². The molecule has 0 aliphatic carbocycles. The Balaban J connectivity index is 1.76. The van der Waals surface area contributed by atoms with Crippen molar-refractivity contribution < 1.29 is 4.74 Å². The van der Waals surface area contributed by atoms with Crippen LogP contribution in [0.1, 0.15) is 49.8 Å². The Morgan fingerprint density at radius 3 is 2.83 bits per heavy atom. The minimum absolute atomic E-state index is 0.447. The maximum Gasteiger partial charge on any atom is 0.218 e. The molecule has 3 rings (SSSR count). The zero-order valence-electron chi connectivity index (χ0n) is 13.9. The summed E-state index contributed by atoms with van der Waals surface area (Å²) in [5, 5.41) is 0. The Kier molecular flexibility index (Phi) is 5.65. The molecule has 0 spiro atoms. The van der Waals surface area contributed by atoms with Crippen LogP contribution < -0.4 is 4.74 Å². The quantitative estimate of drug-likeness (QED) is 0.780. The standard InChI is InChI=1S/C20H26N2O/c1-2-14-22-15-7-6-12-19(22)18-11-8-13-21-20(18)23-16-17-9-4-3-5-10-17/h3-5,8-11,13,19H,2,6-7,12,14-16H2,1H3/t19-/m0/s1. The molecule has 1 aromatic heterocycles. The first-order valence-electron chi connectivity index (χ1n) is 8.74. The third-order valence-corrected chi connectivity index (χ3v) is 4.50. The summed E-state index contributed by atoms with van der Waals surface area (Å²) in [6.07, 6.45) is 6.82. The third kappa shape index (κ3) is 4.11. The molecule has 0 bridgehead atoms. The van der Waals surface area contributed by atoms with E-state index in [-0.39, 0.29) is 0 Å². The molecule has 0 radical (unpaired) electrons. The van der Waals surface area contributed by atoms with Gasteiger partial charge in [0.1, 0.15) is 6.61 Å². The third-order valence-electron chi connectivity index (χ3n) is 4.50. The highest BCUT2D eigenvalue weighted by atomic mass is 16.5. The second-order valence-electron chi connectivity index (χ2n) is 6.22. The smallest absolute Gasteiger partial charge is 0.218 e. The number of likely N-dealkylation sites (tertiary alicyclic amines) is 1. The van der Waals surface area contributed by atoms with E-state index in [1.807, 2.05) is 30.5 Å². The highest BCUT2D eigenvalue weighted by Gasteiger charge is 2.26. The van der Waals surface area contributed by atoms with Gasteiger partial charge in [-0.3, -0.25) is 4.90 Å². The predicted octanol–water partition coefficient (Wildman–Crippen LogP) is 4.60. The predicted molar refractivity (Wildman–Crippen MR) is 93.5 cm³/mol. The molecule has 0 N–H and O–H groups in total. The maximum atomic E-state index is 6.07. The zero-order chi connectivity index (χ0) is 15.9. The van der Waals surface area contributed by atoms with Crippen LogP contribution in [-0.2, 0) is 6.61 Å². The maximum absolute atomic E-state index is 6.07. The van der Waals surface area contributed by atoms with Crippen LogP contribution in [0.4, 0.5) is 0 Å². The van der Waals surface area contributed by atoms with Crippen LogP contribution >= 0.6 is 0 Å². The monoisotopic (exact) mass is 310 g/mol. The molecule has 1 saturated heterocycles. The molecule has 1 fully saturated rings. The first kappa shape index (κ1) is 16.0. The molecule has 3 heteroatoms. The van der Waals surface area contributed by atoms with Gasteiger partial charge in [0.15, 0.2) is 0 Å². The Morgan fingerprint density at radius 1 is 1.13 bits per heavy atom. The van der Waals surface area contributed by atoms with Gasteiger partial charge in [0.25, 0.3) is 0 Å². The van der Waals surface area contributed by atoms with Gasteiger partial charge in [-0.25, -0.2) is 4.98 Å². The molecule has 3 nitrogen and oxygen atoms in total. The fourth-order valence-electron chi connectivity index (χ4n) is 3.40. The highest BCUT2D eigenvalue weighted by molar-refractivity contribution is 5.30. The number of ether oxygens (including phenoxy) is 1. The molecule has 0 saturated carbocycles. The number of aromatic nitrogens is 1. The minimum Gasteiger partial charge on any atom is -0.473 e. The van der Waals surface area contributed by atoms with Gasteiger partial charge in [-0.2, -0.15) is 0 Å². The Bertz CT molecular complexity index is 598. The Hall–Kier alpha value is -1.87. The van der Waals surface area contributed by atoms with Crippen molar-refractivity contribution in [1.29, 1.82) is 0 Å². The van der Waals surface area contributed by atoms with Gasteiger partial charge in [0.05, 0.1) is 0 Å². The summed E-state index contributed by atoms with van der Waals surface area (Å²) in [5.74, 6) is 0.796. The second-order valence-corrected chi connectivity index (χ2v) is 6.22. The van der Waals surface area contributed by atoms with E-state index in [9.17, 15) is 0 Å². The lowest BCUT2D eigenvalue weighted by molar-refractivity contribution is 0.143. The van der Waals surface area contributed by atoms with Crippen molar-refractivity contribution in [2.45, 2.75) is 45.3 Å². The van der Waals surface area contributed by atoms with Gasteiger partial charge in [0, 0.05) is 17.8 Å². The molecule has 23 heavy (non-hydrogen) atoms. The SMILES string of the molecule is CCCN1CCCC[C@H]1c1cccnc1OCc1ccccc1. The van der Waals surface area contributed by atoms with E-state index in [1.165, 1.54) is 43.4 Å². The number of hydrogen-bond acceptors (Lipinski definition) is 3. The molecule has 1 aliphatic rings. The average molecular weight is 310 g/mol. The lowest BCUT2D eigenvalue weighted by atomic mass is 9.95. The molecule has 122 valence electrons. The first-order valence-corrected chi connectivity index (χ1v) is 8.74. The lowest BCUT2D eigenvalue weighted by Crippen LogP contribution is -2.34. The summed E-state index contributed by atoms with van der Waals surface area (Å²) in [6.45, 7) is 5.16. The molecule has 1 aromatic carbocycles. The summed E-state index contributed by atoms with van der Waals surface area (Å²) in [6, 6.07) is 15.0. The van der Waals surface area contributed by atoms with Crippen LogP contribution in [0.5, 0.6) is 5.88 Å². The number of piperidine rings is 1. The molecular formula is C20H26N2O. The van der Waals surface area contributed by atoms with Gasteiger partial charge in [-0.1, -0.05) is 49.7 Å². The van der Waals surface area contributed by atoms with E-state index in [1.54, 1.807) is 0 Å². The van der Waals surface area contributed by atoms with Crippen molar-refractivity contribution in [1.82, 2.24) is 9.88 Å². The molecule has 2 aromatic rings. The number of rotatable bonds is 6. The minimum atomic E-state index is 0.447. The van der Waals surface area contributed by atoms with Crippen LogP contribution in [0.3, 0.4) is 0 Å². The summed E-state index contributed by atoms with van der Waals surface area (Å²) in [4.78, 5) is 7.11. The fourth-order valence-corrected chi connectivity index (χ4v) is 3.40. The fraction of sp³-hybridized carbons (Fsp3) is 0.450. The molecule has 1 aliphatic heterocycles. The largest absolute Gasteiger partial charge is 0.473 e. The van der Waals surface area contributed by atoms with Crippen LogP contribution in [-0.4, -0.2) is 23.0 Å². The van der Waals surface area contributed by atoms with Gasteiger partial charge < -0.3 is 4.74 Å². The summed E-state index contributed by atoms with van der Waals surface area (Å²) >= 11 is 0. The normalized spacial score (nSPS) is 18.7. The summed E-state index contributed by atoms with van der Waals surface area (Å²) in [5.41, 5.74) is 2.43. The number of hydrogen-bond donors (Lipinski definition) is 0. The van der Waals surface area contributed by atoms with Crippen LogP contribution in [0.25, 0.3) is 0 Å².